The van der Waals surface area contributed by atoms with Crippen LogP contribution in [0.25, 0.3) is 0 Å². The molecule has 2 atom stereocenters. The zero-order valence-electron chi connectivity index (χ0n) is 12.0. The molecule has 112 valence electrons. The van der Waals surface area contributed by atoms with Gasteiger partial charge in [0.1, 0.15) is 11.5 Å². The summed E-state index contributed by atoms with van der Waals surface area (Å²) in [7, 11) is 1.57. The van der Waals surface area contributed by atoms with E-state index in [1.165, 1.54) is 6.07 Å². The molecule has 0 aliphatic heterocycles. The van der Waals surface area contributed by atoms with Crippen molar-refractivity contribution in [2.75, 3.05) is 20.3 Å². The Labute approximate surface area is 118 Å². The molecule has 0 radical (unpaired) electrons. The molecule has 0 aliphatic rings. The molecule has 4 N–H and O–H groups in total. The van der Waals surface area contributed by atoms with Crippen LogP contribution in [-0.4, -0.2) is 42.4 Å². The fourth-order valence-electron chi connectivity index (χ4n) is 1.84. The summed E-state index contributed by atoms with van der Waals surface area (Å²) in [6, 6.07) is 3.78. The summed E-state index contributed by atoms with van der Waals surface area (Å²) in [6.45, 7) is 4.53. The summed E-state index contributed by atoms with van der Waals surface area (Å²) >= 11 is 0. The molecule has 0 saturated carbocycles. The molecule has 0 aromatic heterocycles. The lowest BCUT2D eigenvalue weighted by Crippen LogP contribution is -2.44. The quantitative estimate of drug-likeness (QED) is 0.558. The van der Waals surface area contributed by atoms with Gasteiger partial charge in [0.05, 0.1) is 12.6 Å². The largest absolute Gasteiger partial charge is 0.508 e. The van der Waals surface area contributed by atoms with Crippen LogP contribution in [0.3, 0.4) is 0 Å². The van der Waals surface area contributed by atoms with Crippen LogP contribution >= 0.6 is 0 Å². The summed E-state index contributed by atoms with van der Waals surface area (Å²) < 4.78 is 4.86. The molecule has 0 heterocycles. The Morgan fingerprint density at radius 3 is 2.40 bits per heavy atom. The molecule has 6 nitrogen and oxygen atoms in total. The Balaban J connectivity index is 2.56. The zero-order valence-corrected chi connectivity index (χ0v) is 12.0. The van der Waals surface area contributed by atoms with E-state index in [1.807, 2.05) is 6.92 Å². The Morgan fingerprint density at radius 1 is 1.25 bits per heavy atom. The van der Waals surface area contributed by atoms with Gasteiger partial charge in [-0.1, -0.05) is 0 Å². The number of hydrogen-bond acceptors (Lipinski definition) is 5. The topological polar surface area (TPSA) is 90.8 Å². The second-order valence-electron chi connectivity index (χ2n) is 4.68. The lowest BCUT2D eigenvalue weighted by molar-refractivity contribution is -0.123. The summed E-state index contributed by atoms with van der Waals surface area (Å²) in [5.41, 5.74) is 0.707. The molecule has 0 aliphatic carbocycles. The maximum atomic E-state index is 11.8. The summed E-state index contributed by atoms with van der Waals surface area (Å²) in [5, 5.41) is 24.7. The van der Waals surface area contributed by atoms with Gasteiger partial charge < -0.3 is 20.3 Å². The zero-order chi connectivity index (χ0) is 15.1. The normalized spacial score (nSPS) is 13.8. The fraction of sp³-hybridized carbons (Fsp3) is 0.500. The van der Waals surface area contributed by atoms with Crippen LogP contribution in [0.15, 0.2) is 18.2 Å². The highest BCUT2D eigenvalue weighted by atomic mass is 16.5. The highest BCUT2D eigenvalue weighted by Crippen LogP contribution is 2.24. The van der Waals surface area contributed by atoms with Gasteiger partial charge in [0.15, 0.2) is 0 Å². The van der Waals surface area contributed by atoms with Gasteiger partial charge >= 0.3 is 0 Å². The lowest BCUT2D eigenvalue weighted by Gasteiger charge is -2.20. The van der Waals surface area contributed by atoms with E-state index in [1.54, 1.807) is 26.2 Å². The molecule has 2 unspecified atom stereocenters. The predicted molar refractivity (Wildman–Crippen MR) is 75.7 cm³/mol. The molecule has 1 aromatic carbocycles. The Hall–Kier alpha value is -1.79. The van der Waals surface area contributed by atoms with Crippen molar-refractivity contribution in [3.8, 4) is 11.5 Å². The molecule has 1 amide bonds. The third-order valence-electron chi connectivity index (χ3n) is 2.92. The predicted octanol–water partition coefficient (Wildman–Crippen LogP) is 0.899. The van der Waals surface area contributed by atoms with Crippen LogP contribution in [0.5, 0.6) is 11.5 Å². The minimum Gasteiger partial charge on any atom is -0.508 e. The summed E-state index contributed by atoms with van der Waals surface area (Å²) in [6.07, 6.45) is 0. The average Bonchev–Trinajstić information content (AvgIpc) is 2.37. The van der Waals surface area contributed by atoms with Gasteiger partial charge in [0.25, 0.3) is 0 Å². The Kier molecular flexibility index (Phi) is 6.27. The van der Waals surface area contributed by atoms with Crippen LogP contribution < -0.4 is 10.6 Å². The number of benzene rings is 1. The number of methoxy groups -OCH3 is 1. The smallest absolute Gasteiger partial charge is 0.236 e. The number of phenolic OH excluding ortho intramolecular Hbond substituents is 2. The van der Waals surface area contributed by atoms with E-state index in [0.29, 0.717) is 18.7 Å². The average molecular weight is 282 g/mol. The van der Waals surface area contributed by atoms with E-state index in [-0.39, 0.29) is 23.4 Å². The molecule has 0 spiro atoms. The highest BCUT2D eigenvalue weighted by Gasteiger charge is 2.16. The molecule has 0 fully saturated rings. The van der Waals surface area contributed by atoms with Gasteiger partial charge in [-0.2, -0.15) is 0 Å². The van der Waals surface area contributed by atoms with E-state index in [2.05, 4.69) is 10.6 Å². The lowest BCUT2D eigenvalue weighted by atomic mass is 10.1. The second kappa shape index (κ2) is 7.72. The van der Waals surface area contributed by atoms with E-state index in [0.717, 1.165) is 0 Å². The molecule has 1 aromatic rings. The Bertz CT molecular complexity index is 431. The number of aromatic hydroxyl groups is 2. The maximum Gasteiger partial charge on any atom is 0.236 e. The van der Waals surface area contributed by atoms with Gasteiger partial charge in [-0.3, -0.25) is 10.1 Å². The molecular formula is C14H22N2O4. The third-order valence-corrected chi connectivity index (χ3v) is 2.92. The van der Waals surface area contributed by atoms with Crippen molar-refractivity contribution < 1.29 is 19.7 Å². The van der Waals surface area contributed by atoms with E-state index < -0.39 is 6.04 Å². The van der Waals surface area contributed by atoms with Gasteiger partial charge in [0.2, 0.25) is 5.91 Å². The van der Waals surface area contributed by atoms with Gasteiger partial charge in [-0.15, -0.1) is 0 Å². The first-order chi connectivity index (χ1) is 9.43. The van der Waals surface area contributed by atoms with Crippen molar-refractivity contribution in [1.82, 2.24) is 10.6 Å². The standard InChI is InChI=1S/C14H22N2O4/c1-9(11-6-12(17)8-13(18)7-11)16-10(2)14(19)15-4-5-20-3/h6-10,16-18H,4-5H2,1-3H3,(H,15,19). The van der Waals surface area contributed by atoms with Crippen molar-refractivity contribution >= 4 is 5.91 Å². The van der Waals surface area contributed by atoms with Gasteiger partial charge in [0, 0.05) is 25.8 Å². The van der Waals surface area contributed by atoms with Gasteiger partial charge in [-0.05, 0) is 31.5 Å². The number of carbonyl (C=O) groups is 1. The third kappa shape index (κ3) is 5.07. The molecule has 0 bridgehead atoms. The Morgan fingerprint density at radius 2 is 1.85 bits per heavy atom. The van der Waals surface area contributed by atoms with Crippen molar-refractivity contribution in [3.63, 3.8) is 0 Å². The number of carbonyl (C=O) groups excluding carboxylic acids is 1. The van der Waals surface area contributed by atoms with Gasteiger partial charge in [-0.25, -0.2) is 0 Å². The first kappa shape index (κ1) is 16.3. The fourth-order valence-corrected chi connectivity index (χ4v) is 1.84. The molecule has 6 heteroatoms. The van der Waals surface area contributed by atoms with E-state index in [9.17, 15) is 15.0 Å². The van der Waals surface area contributed by atoms with E-state index in [4.69, 9.17) is 4.74 Å². The molecule has 20 heavy (non-hydrogen) atoms. The van der Waals surface area contributed by atoms with Crippen LogP contribution in [0, 0.1) is 0 Å². The first-order valence-electron chi connectivity index (χ1n) is 6.49. The number of amides is 1. The maximum absolute atomic E-state index is 11.8. The van der Waals surface area contributed by atoms with Crippen molar-refractivity contribution in [2.45, 2.75) is 25.9 Å². The highest BCUT2D eigenvalue weighted by molar-refractivity contribution is 5.81. The molecule has 0 saturated heterocycles. The number of ether oxygens (including phenoxy) is 1. The van der Waals surface area contributed by atoms with Crippen LogP contribution in [-0.2, 0) is 9.53 Å². The summed E-state index contributed by atoms with van der Waals surface area (Å²) in [5.74, 6) is -0.144. The summed E-state index contributed by atoms with van der Waals surface area (Å²) in [4.78, 5) is 11.8. The van der Waals surface area contributed by atoms with Crippen molar-refractivity contribution in [2.24, 2.45) is 0 Å². The minimum atomic E-state index is -0.397. The number of rotatable bonds is 7. The number of phenols is 2. The minimum absolute atomic E-state index is 0.00847. The monoisotopic (exact) mass is 282 g/mol. The van der Waals surface area contributed by atoms with Crippen molar-refractivity contribution in [3.05, 3.63) is 23.8 Å². The van der Waals surface area contributed by atoms with Crippen LogP contribution in [0.2, 0.25) is 0 Å². The van der Waals surface area contributed by atoms with Crippen LogP contribution in [0.4, 0.5) is 0 Å². The molecule has 1 rings (SSSR count). The number of nitrogens with one attached hydrogen (secondary N) is 2. The van der Waals surface area contributed by atoms with Crippen LogP contribution in [0.1, 0.15) is 25.5 Å². The first-order valence-corrected chi connectivity index (χ1v) is 6.49. The number of hydrogen-bond donors (Lipinski definition) is 4. The van der Waals surface area contributed by atoms with E-state index >= 15 is 0 Å². The second-order valence-corrected chi connectivity index (χ2v) is 4.68. The van der Waals surface area contributed by atoms with Crippen molar-refractivity contribution in [1.29, 1.82) is 0 Å². The molecular weight excluding hydrogens is 260 g/mol. The SMILES string of the molecule is COCCNC(=O)C(C)NC(C)c1cc(O)cc(O)c1.